The second-order valence-electron chi connectivity index (χ2n) is 6.83. The van der Waals surface area contributed by atoms with E-state index in [1.165, 1.54) is 12.8 Å². The monoisotopic (exact) mass is 313 g/mol. The lowest BCUT2D eigenvalue weighted by Crippen LogP contribution is -2.38. The Hall–Kier alpha value is -1.88. The summed E-state index contributed by atoms with van der Waals surface area (Å²) < 4.78 is 7.54. The van der Waals surface area contributed by atoms with E-state index in [1.807, 2.05) is 30.2 Å². The van der Waals surface area contributed by atoms with E-state index in [4.69, 9.17) is 4.74 Å². The fraction of sp³-hybridized carbons (Fsp3) is 0.556. The number of amides is 1. The predicted molar refractivity (Wildman–Crippen MR) is 87.5 cm³/mol. The van der Waals surface area contributed by atoms with Crippen molar-refractivity contribution in [1.29, 1.82) is 0 Å². The largest absolute Gasteiger partial charge is 0.376 e. The summed E-state index contributed by atoms with van der Waals surface area (Å²) in [4.78, 5) is 15.1. The van der Waals surface area contributed by atoms with Gasteiger partial charge >= 0.3 is 0 Å². The zero-order valence-corrected chi connectivity index (χ0v) is 13.6. The molecule has 5 heteroatoms. The molecule has 0 bridgehead atoms. The fourth-order valence-corrected chi connectivity index (χ4v) is 3.43. The van der Waals surface area contributed by atoms with Gasteiger partial charge in [-0.25, -0.2) is 4.52 Å². The number of ether oxygens (including phenoxy) is 1. The molecule has 0 radical (unpaired) electrons. The third-order valence-electron chi connectivity index (χ3n) is 4.88. The average molecular weight is 313 g/mol. The molecule has 1 unspecified atom stereocenters. The molecule has 1 saturated carbocycles. The molecule has 2 aliphatic rings. The second-order valence-corrected chi connectivity index (χ2v) is 6.83. The first-order valence-corrected chi connectivity index (χ1v) is 8.56. The smallest absolute Gasteiger partial charge is 0.257 e. The lowest BCUT2D eigenvalue weighted by Gasteiger charge is -2.25. The highest BCUT2D eigenvalue weighted by atomic mass is 16.5. The molecule has 122 valence electrons. The minimum Gasteiger partial charge on any atom is -0.376 e. The molecule has 1 saturated heterocycles. The first kappa shape index (κ1) is 14.7. The summed E-state index contributed by atoms with van der Waals surface area (Å²) in [5, 5.41) is 4.35. The van der Waals surface area contributed by atoms with Gasteiger partial charge in [0.05, 0.1) is 23.4 Å². The quantitative estimate of drug-likeness (QED) is 0.852. The van der Waals surface area contributed by atoms with Crippen LogP contribution < -0.4 is 0 Å². The van der Waals surface area contributed by atoms with E-state index in [2.05, 4.69) is 5.10 Å². The van der Waals surface area contributed by atoms with Gasteiger partial charge in [0.1, 0.15) is 0 Å². The number of nitrogens with zero attached hydrogens (tertiary/aromatic N) is 3. The van der Waals surface area contributed by atoms with E-state index >= 15 is 0 Å². The van der Waals surface area contributed by atoms with Crippen molar-refractivity contribution in [3.8, 4) is 0 Å². The number of fused-ring (bicyclic) bond motifs is 1. The second kappa shape index (κ2) is 5.96. The number of aryl methyl sites for hydroxylation is 1. The first-order chi connectivity index (χ1) is 11.2. The summed E-state index contributed by atoms with van der Waals surface area (Å²) in [7, 11) is 0. The lowest BCUT2D eigenvalue weighted by atomic mass is 10.1. The van der Waals surface area contributed by atoms with Gasteiger partial charge in [-0.05, 0) is 50.2 Å². The van der Waals surface area contributed by atoms with Gasteiger partial charge in [0.15, 0.2) is 0 Å². The third-order valence-corrected chi connectivity index (χ3v) is 4.88. The molecule has 3 heterocycles. The number of rotatable bonds is 5. The highest BCUT2D eigenvalue weighted by Crippen LogP contribution is 2.31. The normalized spacial score (nSPS) is 21.0. The molecule has 0 spiro atoms. The fourth-order valence-electron chi connectivity index (χ4n) is 3.43. The Bertz CT molecular complexity index is 714. The number of hydrogen-bond donors (Lipinski definition) is 0. The first-order valence-electron chi connectivity index (χ1n) is 8.56. The number of aromatic nitrogens is 2. The van der Waals surface area contributed by atoms with Crippen molar-refractivity contribution in [3.05, 3.63) is 35.7 Å². The summed E-state index contributed by atoms with van der Waals surface area (Å²) in [6.45, 7) is 4.41. The number of pyridine rings is 1. The molecule has 0 N–H and O–H groups in total. The van der Waals surface area contributed by atoms with Crippen molar-refractivity contribution in [1.82, 2.24) is 14.5 Å². The molecule has 4 rings (SSSR count). The van der Waals surface area contributed by atoms with Crippen LogP contribution in [0.2, 0.25) is 0 Å². The van der Waals surface area contributed by atoms with Crippen molar-refractivity contribution in [3.63, 3.8) is 0 Å². The Balaban J connectivity index is 1.62. The topological polar surface area (TPSA) is 46.8 Å². The molecule has 2 aromatic heterocycles. The molecular formula is C18H23N3O2. The number of carbonyl (C=O) groups is 1. The molecule has 1 atom stereocenters. The van der Waals surface area contributed by atoms with Crippen molar-refractivity contribution >= 4 is 11.4 Å². The minimum absolute atomic E-state index is 0.0942. The summed E-state index contributed by atoms with van der Waals surface area (Å²) in [6.07, 6.45) is 8.44. The van der Waals surface area contributed by atoms with Gasteiger partial charge in [0.2, 0.25) is 0 Å². The van der Waals surface area contributed by atoms with E-state index in [0.717, 1.165) is 37.1 Å². The summed E-state index contributed by atoms with van der Waals surface area (Å²) in [5.41, 5.74) is 2.71. The van der Waals surface area contributed by atoms with Crippen molar-refractivity contribution in [2.75, 3.05) is 19.7 Å². The van der Waals surface area contributed by atoms with Crippen LogP contribution in [0.4, 0.5) is 0 Å². The van der Waals surface area contributed by atoms with Gasteiger partial charge in [-0.1, -0.05) is 6.07 Å². The van der Waals surface area contributed by atoms with Crippen LogP contribution in [0.25, 0.3) is 5.52 Å². The van der Waals surface area contributed by atoms with Crippen LogP contribution in [0.3, 0.4) is 0 Å². The maximum atomic E-state index is 13.1. The standard InChI is InChI=1S/C18H23N3O2/c1-13-4-2-8-21-17(13)16(10-19-21)18(22)20(11-14-6-7-14)12-15-5-3-9-23-15/h2,4,8,10,14-15H,3,5-7,9,11-12H2,1H3. The van der Waals surface area contributed by atoms with Crippen LogP contribution in [-0.2, 0) is 4.74 Å². The molecule has 23 heavy (non-hydrogen) atoms. The minimum atomic E-state index is 0.0942. The maximum Gasteiger partial charge on any atom is 0.257 e. The van der Waals surface area contributed by atoms with Crippen LogP contribution >= 0.6 is 0 Å². The van der Waals surface area contributed by atoms with Crippen LogP contribution in [0, 0.1) is 12.8 Å². The zero-order valence-electron chi connectivity index (χ0n) is 13.6. The van der Waals surface area contributed by atoms with Crippen LogP contribution in [0.5, 0.6) is 0 Å². The Kier molecular flexibility index (Phi) is 3.81. The molecule has 5 nitrogen and oxygen atoms in total. The Morgan fingerprint density at radius 2 is 2.26 bits per heavy atom. The van der Waals surface area contributed by atoms with Gasteiger partial charge in [-0.3, -0.25) is 4.79 Å². The summed E-state index contributed by atoms with van der Waals surface area (Å²) >= 11 is 0. The van der Waals surface area contributed by atoms with E-state index in [0.29, 0.717) is 18.0 Å². The molecule has 2 aromatic rings. The van der Waals surface area contributed by atoms with Crippen molar-refractivity contribution < 1.29 is 9.53 Å². The Labute approximate surface area is 136 Å². The predicted octanol–water partition coefficient (Wildman–Crippen LogP) is 2.67. The molecule has 0 aromatic carbocycles. The Morgan fingerprint density at radius 1 is 1.39 bits per heavy atom. The zero-order chi connectivity index (χ0) is 15.8. The Morgan fingerprint density at radius 3 is 3.00 bits per heavy atom. The van der Waals surface area contributed by atoms with Gasteiger partial charge < -0.3 is 9.64 Å². The van der Waals surface area contributed by atoms with Gasteiger partial charge in [-0.15, -0.1) is 0 Å². The van der Waals surface area contributed by atoms with Gasteiger partial charge in [-0.2, -0.15) is 5.10 Å². The average Bonchev–Trinajstić information content (AvgIpc) is 3.03. The molecule has 2 fully saturated rings. The summed E-state index contributed by atoms with van der Waals surface area (Å²) in [6, 6.07) is 3.98. The number of hydrogen-bond acceptors (Lipinski definition) is 3. The summed E-state index contributed by atoms with van der Waals surface area (Å²) in [5.74, 6) is 0.764. The molecular weight excluding hydrogens is 290 g/mol. The third kappa shape index (κ3) is 2.98. The molecule has 1 amide bonds. The van der Waals surface area contributed by atoms with Gasteiger partial charge in [0, 0.05) is 25.9 Å². The highest BCUT2D eigenvalue weighted by molar-refractivity contribution is 6.01. The number of carbonyl (C=O) groups excluding carboxylic acids is 1. The van der Waals surface area contributed by atoms with Crippen LogP contribution in [0.1, 0.15) is 41.6 Å². The lowest BCUT2D eigenvalue weighted by molar-refractivity contribution is 0.0516. The van der Waals surface area contributed by atoms with Gasteiger partial charge in [0.25, 0.3) is 5.91 Å². The van der Waals surface area contributed by atoms with E-state index in [-0.39, 0.29) is 12.0 Å². The van der Waals surface area contributed by atoms with Crippen molar-refractivity contribution in [2.24, 2.45) is 5.92 Å². The highest BCUT2D eigenvalue weighted by Gasteiger charge is 2.31. The van der Waals surface area contributed by atoms with Crippen molar-refractivity contribution in [2.45, 2.75) is 38.7 Å². The van der Waals surface area contributed by atoms with E-state index in [9.17, 15) is 4.79 Å². The van der Waals surface area contributed by atoms with Crippen LogP contribution in [-0.4, -0.2) is 46.2 Å². The molecule has 1 aliphatic heterocycles. The molecule has 1 aliphatic carbocycles. The van der Waals surface area contributed by atoms with Crippen LogP contribution in [0.15, 0.2) is 24.5 Å². The SMILES string of the molecule is Cc1cccn2ncc(C(=O)N(CC3CC3)CC3CCCO3)c12. The van der Waals surface area contributed by atoms with E-state index < -0.39 is 0 Å². The maximum absolute atomic E-state index is 13.1. The van der Waals surface area contributed by atoms with E-state index in [1.54, 1.807) is 10.7 Å².